The number of ether oxygens (including phenoxy) is 2. The van der Waals surface area contributed by atoms with E-state index < -0.39 is 19.9 Å². The highest BCUT2D eigenvalue weighted by Crippen LogP contribution is 2.47. The molecule has 1 saturated heterocycles. The Morgan fingerprint density at radius 1 is 1.05 bits per heavy atom. The fourth-order valence-corrected chi connectivity index (χ4v) is 8.29. The highest BCUT2D eigenvalue weighted by Gasteiger charge is 2.53. The van der Waals surface area contributed by atoms with Crippen LogP contribution >= 0.6 is 0 Å². The van der Waals surface area contributed by atoms with Gasteiger partial charge >= 0.3 is 5.97 Å². The van der Waals surface area contributed by atoms with Gasteiger partial charge in [0.2, 0.25) is 0 Å². The molecule has 0 spiro atoms. The van der Waals surface area contributed by atoms with E-state index in [1.54, 1.807) is 0 Å². The summed E-state index contributed by atoms with van der Waals surface area (Å²) in [7, 11) is -2.28. The molecule has 0 aromatic rings. The van der Waals surface area contributed by atoms with Gasteiger partial charge < -0.3 is 24.1 Å². The maximum Gasteiger partial charge on any atom is 0.335 e. The number of aliphatic carboxylic acids is 1. The lowest BCUT2D eigenvalue weighted by Gasteiger charge is -2.46. The molecule has 0 amide bonds. The van der Waals surface area contributed by atoms with Gasteiger partial charge in [-0.05, 0) is 93.7 Å². The first-order chi connectivity index (χ1) is 17.9. The van der Waals surface area contributed by atoms with Crippen molar-refractivity contribution >= 4 is 14.3 Å². The number of carboxylic acid groups (broad SMARTS) is 1. The average molecular weight is 553 g/mol. The quantitative estimate of drug-likeness (QED) is 0.182. The molecule has 2 saturated carbocycles. The lowest BCUT2D eigenvalue weighted by molar-refractivity contribution is -0.196. The third-order valence-corrected chi connectivity index (χ3v) is 14.4. The molecule has 2 N–H and O–H groups in total. The number of allylic oxidation sites excluding steroid dienone is 2. The number of rotatable bonds is 13. The predicted octanol–water partition coefficient (Wildman–Crippen LogP) is 7.46. The summed E-state index contributed by atoms with van der Waals surface area (Å²) < 4.78 is 19.0. The Balaban J connectivity index is 1.65. The van der Waals surface area contributed by atoms with E-state index >= 15 is 0 Å². The fourth-order valence-electron chi connectivity index (χ4n) is 6.72. The van der Waals surface area contributed by atoms with Gasteiger partial charge in [0.15, 0.2) is 20.2 Å². The minimum absolute atomic E-state index is 0.0453. The highest BCUT2D eigenvalue weighted by molar-refractivity contribution is 6.74. The van der Waals surface area contributed by atoms with Crippen molar-refractivity contribution in [2.45, 2.75) is 153 Å². The van der Waals surface area contributed by atoms with Gasteiger partial charge in [-0.15, -0.1) is 0 Å². The van der Waals surface area contributed by atoms with E-state index in [-0.39, 0.29) is 35.4 Å². The molecule has 2 aliphatic carbocycles. The van der Waals surface area contributed by atoms with E-state index in [1.807, 2.05) is 0 Å². The summed E-state index contributed by atoms with van der Waals surface area (Å²) >= 11 is 0. The van der Waals surface area contributed by atoms with Crippen LogP contribution in [0.25, 0.3) is 0 Å². The molecular weight excluding hydrogens is 496 g/mol. The van der Waals surface area contributed by atoms with Crippen LogP contribution in [0.1, 0.15) is 111 Å². The van der Waals surface area contributed by atoms with Crippen molar-refractivity contribution in [1.29, 1.82) is 0 Å². The molecule has 7 heteroatoms. The lowest BCUT2D eigenvalue weighted by Crippen LogP contribution is -2.57. The fraction of sp³-hybridized carbons (Fsp3) is 0.903. The Hall–Kier alpha value is -0.733. The first-order valence-corrected chi connectivity index (χ1v) is 18.4. The summed E-state index contributed by atoms with van der Waals surface area (Å²) in [6, 6.07) is 0. The van der Waals surface area contributed by atoms with Gasteiger partial charge in [-0.2, -0.15) is 0 Å². The second-order valence-electron chi connectivity index (χ2n) is 13.7. The van der Waals surface area contributed by atoms with Crippen molar-refractivity contribution in [3.63, 3.8) is 0 Å². The molecule has 0 aromatic carbocycles. The zero-order valence-corrected chi connectivity index (χ0v) is 26.0. The zero-order valence-electron chi connectivity index (χ0n) is 25.0. The normalized spacial score (nSPS) is 31.2. The summed E-state index contributed by atoms with van der Waals surface area (Å²) in [5, 5.41) is 21.4. The number of carbonyl (C=O) groups is 1. The number of hydrogen-bond acceptors (Lipinski definition) is 5. The Morgan fingerprint density at radius 2 is 1.74 bits per heavy atom. The second kappa shape index (κ2) is 13.8. The standard InChI is InChI=1S/C31H56O6Si/c1-7-15-25-24(26(32)22-27(25)36-28-19-12-14-21-35-28)18-9-8-13-20-31(29(33)34,23-16-10-11-17-23)37-38(5,6)30(2,3)4/h8-9,23-28,32H,7,10-22H2,1-6H3,(H,33,34)/t24-,25-,26+,27?,28?,31?/m1/s1. The van der Waals surface area contributed by atoms with Crippen LogP contribution in [0.4, 0.5) is 0 Å². The topological polar surface area (TPSA) is 85.2 Å². The summed E-state index contributed by atoms with van der Waals surface area (Å²) in [5.41, 5.74) is -1.11. The van der Waals surface area contributed by atoms with E-state index in [1.165, 1.54) is 0 Å². The Bertz CT molecular complexity index is 765. The monoisotopic (exact) mass is 552 g/mol. The molecule has 1 heterocycles. The van der Waals surface area contributed by atoms with Gasteiger partial charge in [-0.1, -0.05) is 59.1 Å². The first-order valence-electron chi connectivity index (χ1n) is 15.4. The molecule has 3 unspecified atom stereocenters. The van der Waals surface area contributed by atoms with E-state index in [2.05, 4.69) is 52.9 Å². The summed E-state index contributed by atoms with van der Waals surface area (Å²) in [4.78, 5) is 12.9. The molecule has 6 nitrogen and oxygen atoms in total. The van der Waals surface area contributed by atoms with Crippen molar-refractivity contribution in [2.75, 3.05) is 6.61 Å². The lowest BCUT2D eigenvalue weighted by atomic mass is 9.82. The van der Waals surface area contributed by atoms with Gasteiger partial charge in [0.05, 0.1) is 12.2 Å². The van der Waals surface area contributed by atoms with Crippen LogP contribution in [0.5, 0.6) is 0 Å². The van der Waals surface area contributed by atoms with Crippen LogP contribution in [-0.4, -0.2) is 55.2 Å². The summed E-state index contributed by atoms with van der Waals surface area (Å²) in [6.45, 7) is 13.8. The molecule has 0 radical (unpaired) electrons. The van der Waals surface area contributed by atoms with Crippen LogP contribution in [0, 0.1) is 17.8 Å². The minimum atomic E-state index is -2.28. The number of aliphatic hydroxyl groups excluding tert-OH is 1. The first kappa shape index (κ1) is 31.8. The molecule has 6 atom stereocenters. The highest BCUT2D eigenvalue weighted by atomic mass is 28.4. The summed E-state index contributed by atoms with van der Waals surface area (Å²) in [6.07, 6.45) is 15.8. The van der Waals surface area contributed by atoms with Crippen molar-refractivity contribution in [3.05, 3.63) is 12.2 Å². The maximum absolute atomic E-state index is 12.9. The molecule has 220 valence electrons. The van der Waals surface area contributed by atoms with Gasteiger partial charge in [-0.3, -0.25) is 0 Å². The van der Waals surface area contributed by atoms with E-state index in [0.717, 1.165) is 70.8 Å². The average Bonchev–Trinajstić information content (AvgIpc) is 3.48. The van der Waals surface area contributed by atoms with Crippen LogP contribution in [0.2, 0.25) is 18.1 Å². The van der Waals surface area contributed by atoms with Crippen molar-refractivity contribution in [1.82, 2.24) is 0 Å². The van der Waals surface area contributed by atoms with Crippen LogP contribution in [-0.2, 0) is 18.7 Å². The van der Waals surface area contributed by atoms with Crippen LogP contribution < -0.4 is 0 Å². The van der Waals surface area contributed by atoms with Gasteiger partial charge in [0.1, 0.15) is 0 Å². The van der Waals surface area contributed by atoms with Crippen molar-refractivity contribution in [3.8, 4) is 0 Å². The maximum atomic E-state index is 12.9. The second-order valence-corrected chi connectivity index (χ2v) is 18.4. The van der Waals surface area contributed by atoms with Crippen LogP contribution in [0.3, 0.4) is 0 Å². The van der Waals surface area contributed by atoms with Crippen molar-refractivity contribution in [2.24, 2.45) is 17.8 Å². The number of carboxylic acids is 1. The molecule has 0 aromatic heterocycles. The van der Waals surface area contributed by atoms with Crippen LogP contribution in [0.15, 0.2) is 12.2 Å². The van der Waals surface area contributed by atoms with E-state index in [0.29, 0.717) is 25.2 Å². The third kappa shape index (κ3) is 7.71. The van der Waals surface area contributed by atoms with Gasteiger partial charge in [-0.25, -0.2) is 4.79 Å². The minimum Gasteiger partial charge on any atom is -0.479 e. The van der Waals surface area contributed by atoms with Gasteiger partial charge in [0, 0.05) is 13.0 Å². The molecule has 3 aliphatic rings. The molecular formula is C31H56O6Si. The predicted molar refractivity (Wildman–Crippen MR) is 155 cm³/mol. The zero-order chi connectivity index (χ0) is 28.0. The van der Waals surface area contributed by atoms with Crippen molar-refractivity contribution < 1.29 is 28.9 Å². The molecule has 3 fully saturated rings. The Labute approximate surface area is 233 Å². The molecule has 1 aliphatic heterocycles. The smallest absolute Gasteiger partial charge is 0.335 e. The third-order valence-electron chi connectivity index (χ3n) is 9.96. The van der Waals surface area contributed by atoms with E-state index in [9.17, 15) is 15.0 Å². The number of hydrogen-bond donors (Lipinski definition) is 2. The molecule has 3 rings (SSSR count). The summed E-state index contributed by atoms with van der Waals surface area (Å²) in [5.74, 6) is -0.221. The Kier molecular flexibility index (Phi) is 11.5. The molecule has 38 heavy (non-hydrogen) atoms. The largest absolute Gasteiger partial charge is 0.479 e. The molecule has 0 bridgehead atoms. The van der Waals surface area contributed by atoms with Gasteiger partial charge in [0.25, 0.3) is 0 Å². The SMILES string of the molecule is CCC[C@H]1C(OC2CCCCO2)C[C@H](O)[C@@H]1CC=CCCC(O[Si](C)(C)C(C)(C)C)(C(=O)O)C1CCCC1. The Morgan fingerprint density at radius 3 is 2.32 bits per heavy atom. The number of aliphatic hydroxyl groups is 1. The van der Waals surface area contributed by atoms with E-state index in [4.69, 9.17) is 13.9 Å².